The minimum Gasteiger partial charge on any atom is -0.496 e. The predicted octanol–water partition coefficient (Wildman–Crippen LogP) is 6.42. The first-order valence-corrected chi connectivity index (χ1v) is 10.7. The average molecular weight is 434 g/mol. The maximum absolute atomic E-state index is 13.7. The van der Waals surface area contributed by atoms with E-state index in [0.717, 1.165) is 51.5 Å². The van der Waals surface area contributed by atoms with Crippen LogP contribution in [-0.2, 0) is 4.79 Å². The summed E-state index contributed by atoms with van der Waals surface area (Å²) in [4.78, 5) is 16.6. The van der Waals surface area contributed by atoms with E-state index in [4.69, 9.17) is 4.74 Å². The summed E-state index contributed by atoms with van der Waals surface area (Å²) >= 11 is 5.32. The maximum Gasteiger partial charge on any atom is 0.238 e. The number of benzene rings is 2. The van der Waals surface area contributed by atoms with Crippen molar-refractivity contribution in [1.82, 2.24) is 0 Å². The first-order valence-electron chi connectivity index (χ1n) is 8.90. The molecular weight excluding hydrogens is 410 g/mol. The Labute approximate surface area is 168 Å². The number of hydrogen-bond donors (Lipinski definition) is 0. The lowest BCUT2D eigenvalue weighted by Gasteiger charge is -2.32. The van der Waals surface area contributed by atoms with Crippen molar-refractivity contribution in [2.75, 3.05) is 17.8 Å². The molecule has 138 valence electrons. The number of hydrogen-bond acceptors (Lipinski definition) is 3. The van der Waals surface area contributed by atoms with Gasteiger partial charge in [0, 0.05) is 16.3 Å². The number of anilines is 2. The van der Waals surface area contributed by atoms with Crippen LogP contribution in [0, 0.1) is 5.41 Å². The second-order valence-corrected chi connectivity index (χ2v) is 8.75. The summed E-state index contributed by atoms with van der Waals surface area (Å²) in [6.07, 6.45) is 3.03. The number of para-hydroxylation sites is 1. The SMILES string of the molecule is CCCCC1(C)CSc2cc(OC)c(Br)cc2N(c2ccccc2)C1=O. The van der Waals surface area contributed by atoms with Gasteiger partial charge in [-0.25, -0.2) is 0 Å². The van der Waals surface area contributed by atoms with E-state index in [-0.39, 0.29) is 5.91 Å². The number of ether oxygens (including phenoxy) is 1. The number of carbonyl (C=O) groups excluding carboxylic acids is 1. The van der Waals surface area contributed by atoms with Crippen molar-refractivity contribution in [2.24, 2.45) is 5.41 Å². The van der Waals surface area contributed by atoms with Gasteiger partial charge in [-0.05, 0) is 53.5 Å². The molecule has 2 aromatic carbocycles. The summed E-state index contributed by atoms with van der Waals surface area (Å²) in [6, 6.07) is 13.9. The van der Waals surface area contributed by atoms with Crippen molar-refractivity contribution in [3.63, 3.8) is 0 Å². The highest BCUT2D eigenvalue weighted by atomic mass is 79.9. The van der Waals surface area contributed by atoms with Gasteiger partial charge in [0.25, 0.3) is 0 Å². The molecule has 3 nitrogen and oxygen atoms in total. The summed E-state index contributed by atoms with van der Waals surface area (Å²) in [5, 5.41) is 0. The minimum absolute atomic E-state index is 0.167. The number of carbonyl (C=O) groups is 1. The topological polar surface area (TPSA) is 29.5 Å². The molecule has 0 spiro atoms. The van der Waals surface area contributed by atoms with Gasteiger partial charge in [-0.3, -0.25) is 9.69 Å². The summed E-state index contributed by atoms with van der Waals surface area (Å²) in [5.41, 5.74) is 1.43. The number of methoxy groups -OCH3 is 1. The van der Waals surface area contributed by atoms with Crippen LogP contribution < -0.4 is 9.64 Å². The molecule has 1 aliphatic rings. The lowest BCUT2D eigenvalue weighted by atomic mass is 9.85. The molecule has 1 aliphatic heterocycles. The number of fused-ring (bicyclic) bond motifs is 1. The first kappa shape index (κ1) is 19.3. The van der Waals surface area contributed by atoms with Crippen molar-refractivity contribution in [1.29, 1.82) is 0 Å². The Morgan fingerprint density at radius 3 is 2.65 bits per heavy atom. The van der Waals surface area contributed by atoms with Crippen molar-refractivity contribution < 1.29 is 9.53 Å². The third-order valence-electron chi connectivity index (χ3n) is 4.84. The van der Waals surface area contributed by atoms with Gasteiger partial charge >= 0.3 is 0 Å². The molecular formula is C21H24BrNO2S. The van der Waals surface area contributed by atoms with Gasteiger partial charge in [0.15, 0.2) is 0 Å². The standard InChI is InChI=1S/C21H24BrNO2S/c1-4-5-11-21(2)14-26-19-13-18(25-3)16(22)12-17(19)23(20(21)24)15-9-7-6-8-10-15/h6-10,12-13H,4-5,11,14H2,1-3H3. The molecule has 0 aliphatic carbocycles. The highest BCUT2D eigenvalue weighted by Gasteiger charge is 2.41. The van der Waals surface area contributed by atoms with Crippen molar-refractivity contribution in [3.8, 4) is 5.75 Å². The quantitative estimate of drug-likeness (QED) is 0.544. The molecule has 1 amide bonds. The van der Waals surface area contributed by atoms with Crippen LogP contribution in [0.2, 0.25) is 0 Å². The zero-order chi connectivity index (χ0) is 18.7. The lowest BCUT2D eigenvalue weighted by Crippen LogP contribution is -2.40. The zero-order valence-electron chi connectivity index (χ0n) is 15.4. The molecule has 26 heavy (non-hydrogen) atoms. The molecule has 1 atom stereocenters. The van der Waals surface area contributed by atoms with Gasteiger partial charge in [-0.2, -0.15) is 0 Å². The smallest absolute Gasteiger partial charge is 0.238 e. The second kappa shape index (κ2) is 8.05. The molecule has 0 saturated heterocycles. The molecule has 0 saturated carbocycles. The highest BCUT2D eigenvalue weighted by Crippen LogP contribution is 2.48. The van der Waals surface area contributed by atoms with Crippen LogP contribution in [0.1, 0.15) is 33.1 Å². The van der Waals surface area contributed by atoms with E-state index >= 15 is 0 Å². The van der Waals surface area contributed by atoms with Crippen molar-refractivity contribution >= 4 is 45.0 Å². The van der Waals surface area contributed by atoms with Gasteiger partial charge in [0.1, 0.15) is 5.75 Å². The highest BCUT2D eigenvalue weighted by molar-refractivity contribution is 9.10. The molecule has 5 heteroatoms. The maximum atomic E-state index is 13.7. The zero-order valence-corrected chi connectivity index (χ0v) is 17.8. The van der Waals surface area contributed by atoms with Crippen LogP contribution in [0.25, 0.3) is 0 Å². The summed E-state index contributed by atoms with van der Waals surface area (Å²) in [5.74, 6) is 1.72. The fourth-order valence-corrected chi connectivity index (χ4v) is 4.95. The number of amides is 1. The molecule has 0 N–H and O–H groups in total. The largest absolute Gasteiger partial charge is 0.496 e. The monoisotopic (exact) mass is 433 g/mol. The van der Waals surface area contributed by atoms with Crippen molar-refractivity contribution in [3.05, 3.63) is 46.9 Å². The molecule has 0 aromatic heterocycles. The summed E-state index contributed by atoms with van der Waals surface area (Å²) in [7, 11) is 1.67. The van der Waals surface area contributed by atoms with Gasteiger partial charge < -0.3 is 4.74 Å². The van der Waals surface area contributed by atoms with E-state index in [1.54, 1.807) is 18.9 Å². The summed E-state index contributed by atoms with van der Waals surface area (Å²) in [6.45, 7) is 4.27. The Morgan fingerprint density at radius 1 is 1.27 bits per heavy atom. The van der Waals surface area contributed by atoms with Gasteiger partial charge in [0.05, 0.1) is 22.7 Å². The van der Waals surface area contributed by atoms with Crippen LogP contribution in [0.5, 0.6) is 5.75 Å². The average Bonchev–Trinajstić information content (AvgIpc) is 2.76. The second-order valence-electron chi connectivity index (χ2n) is 6.88. The molecule has 0 fully saturated rings. The lowest BCUT2D eigenvalue weighted by molar-refractivity contribution is -0.125. The van der Waals surface area contributed by atoms with E-state index in [1.165, 1.54) is 0 Å². The number of unbranched alkanes of at least 4 members (excludes halogenated alkanes) is 1. The summed E-state index contributed by atoms with van der Waals surface area (Å²) < 4.78 is 6.32. The van der Waals surface area contributed by atoms with Crippen LogP contribution >= 0.6 is 27.7 Å². The Hall–Kier alpha value is -1.46. The van der Waals surface area contributed by atoms with Crippen LogP contribution in [0.3, 0.4) is 0 Å². The molecule has 0 radical (unpaired) electrons. The van der Waals surface area contributed by atoms with E-state index in [2.05, 4.69) is 29.8 Å². The van der Waals surface area contributed by atoms with E-state index in [0.29, 0.717) is 0 Å². The minimum atomic E-state index is -0.394. The fourth-order valence-electron chi connectivity index (χ4n) is 3.23. The molecule has 1 unspecified atom stereocenters. The first-order chi connectivity index (χ1) is 12.5. The van der Waals surface area contributed by atoms with Gasteiger partial charge in [-0.15, -0.1) is 11.8 Å². The number of halogens is 1. The third-order valence-corrected chi connectivity index (χ3v) is 6.88. The van der Waals surface area contributed by atoms with Gasteiger partial charge in [-0.1, -0.05) is 38.0 Å². The number of rotatable bonds is 5. The number of thioether (sulfide) groups is 1. The molecule has 1 heterocycles. The Bertz CT molecular complexity index is 796. The van der Waals surface area contributed by atoms with Crippen LogP contribution in [-0.4, -0.2) is 18.8 Å². The molecule has 3 rings (SSSR count). The molecule has 0 bridgehead atoms. The van der Waals surface area contributed by atoms with E-state index in [1.807, 2.05) is 47.4 Å². The Kier molecular flexibility index (Phi) is 5.98. The third kappa shape index (κ3) is 3.65. The number of nitrogens with zero attached hydrogens (tertiary/aromatic N) is 1. The van der Waals surface area contributed by atoms with E-state index in [9.17, 15) is 4.79 Å². The predicted molar refractivity (Wildman–Crippen MR) is 113 cm³/mol. The Balaban J connectivity index is 2.15. The van der Waals surface area contributed by atoms with E-state index < -0.39 is 5.41 Å². The fraction of sp³-hybridized carbons (Fsp3) is 0.381. The Morgan fingerprint density at radius 2 is 2.00 bits per heavy atom. The van der Waals surface area contributed by atoms with Crippen LogP contribution in [0.15, 0.2) is 51.8 Å². The molecule has 2 aromatic rings. The van der Waals surface area contributed by atoms with Crippen LogP contribution in [0.4, 0.5) is 11.4 Å². The van der Waals surface area contributed by atoms with Gasteiger partial charge in [0.2, 0.25) is 5.91 Å². The van der Waals surface area contributed by atoms with Crippen molar-refractivity contribution in [2.45, 2.75) is 38.0 Å². The normalized spacial score (nSPS) is 19.8.